The Hall–Kier alpha value is -1.20. The predicted molar refractivity (Wildman–Crippen MR) is 83.4 cm³/mol. The molecule has 0 saturated carbocycles. The van der Waals surface area contributed by atoms with Gasteiger partial charge in [-0.05, 0) is 26.0 Å². The number of carbonyl (C=O) groups excluding carboxylic acids is 1. The predicted octanol–water partition coefficient (Wildman–Crippen LogP) is 2.93. The van der Waals surface area contributed by atoms with Gasteiger partial charge in [0.2, 0.25) is 5.91 Å². The lowest BCUT2D eigenvalue weighted by atomic mass is 10.1. The lowest BCUT2D eigenvalue weighted by molar-refractivity contribution is -0.132. The molecule has 0 aliphatic heterocycles. The van der Waals surface area contributed by atoms with Crippen molar-refractivity contribution < 1.29 is 9.18 Å². The summed E-state index contributed by atoms with van der Waals surface area (Å²) in [5, 5.41) is 0.261. The monoisotopic (exact) mass is 316 g/mol. The molecule has 0 atom stereocenters. The van der Waals surface area contributed by atoms with Crippen molar-refractivity contribution in [2.45, 2.75) is 32.7 Å². The van der Waals surface area contributed by atoms with Gasteiger partial charge < -0.3 is 10.6 Å². The van der Waals surface area contributed by atoms with Crippen molar-refractivity contribution in [1.29, 1.82) is 0 Å². The highest BCUT2D eigenvalue weighted by molar-refractivity contribution is 7.80. The van der Waals surface area contributed by atoms with Crippen molar-refractivity contribution in [2.24, 2.45) is 5.73 Å². The van der Waals surface area contributed by atoms with Crippen LogP contribution in [0, 0.1) is 5.82 Å². The molecule has 1 aromatic carbocycles. The molecular weight excluding hydrogens is 299 g/mol. The van der Waals surface area contributed by atoms with Gasteiger partial charge in [-0.1, -0.05) is 29.9 Å². The zero-order chi connectivity index (χ0) is 15.3. The normalized spacial score (nSPS) is 10.7. The van der Waals surface area contributed by atoms with Crippen LogP contribution in [-0.2, 0) is 11.2 Å². The largest absolute Gasteiger partial charge is 0.393 e. The zero-order valence-corrected chi connectivity index (χ0v) is 13.1. The number of nitrogens with two attached hydrogens (primary N) is 1. The maximum Gasteiger partial charge on any atom is 0.227 e. The number of halogens is 2. The van der Waals surface area contributed by atoms with Crippen LogP contribution in [0.1, 0.15) is 25.8 Å². The Kier molecular flexibility index (Phi) is 6.36. The fourth-order valence-corrected chi connectivity index (χ4v) is 2.18. The van der Waals surface area contributed by atoms with Crippen molar-refractivity contribution in [3.05, 3.63) is 34.6 Å². The molecular formula is C14H18ClFN2OS. The molecule has 0 heterocycles. The van der Waals surface area contributed by atoms with Crippen LogP contribution >= 0.6 is 23.8 Å². The van der Waals surface area contributed by atoms with E-state index in [0.717, 1.165) is 0 Å². The minimum absolute atomic E-state index is 0.0117. The first-order valence-corrected chi connectivity index (χ1v) is 7.12. The molecule has 1 amide bonds. The molecule has 1 rings (SSSR count). The van der Waals surface area contributed by atoms with Gasteiger partial charge >= 0.3 is 0 Å². The SMILES string of the molecule is CC(C)N(CCC(N)=S)C(=O)Cc1c(F)cccc1Cl. The van der Waals surface area contributed by atoms with Crippen molar-refractivity contribution in [2.75, 3.05) is 6.54 Å². The summed E-state index contributed by atoms with van der Waals surface area (Å²) in [6.45, 7) is 4.21. The molecule has 0 aliphatic rings. The molecule has 3 nitrogen and oxygen atoms in total. The van der Waals surface area contributed by atoms with E-state index in [9.17, 15) is 9.18 Å². The Balaban J connectivity index is 2.83. The van der Waals surface area contributed by atoms with Gasteiger partial charge in [0.1, 0.15) is 5.82 Å². The van der Waals surface area contributed by atoms with E-state index in [1.807, 2.05) is 13.8 Å². The number of amides is 1. The van der Waals surface area contributed by atoms with E-state index in [2.05, 4.69) is 0 Å². The van der Waals surface area contributed by atoms with Gasteiger partial charge in [-0.2, -0.15) is 0 Å². The topological polar surface area (TPSA) is 46.3 Å². The lowest BCUT2D eigenvalue weighted by Crippen LogP contribution is -2.40. The van der Waals surface area contributed by atoms with Gasteiger partial charge in [0.15, 0.2) is 0 Å². The summed E-state index contributed by atoms with van der Waals surface area (Å²) < 4.78 is 13.7. The van der Waals surface area contributed by atoms with Crippen LogP contribution < -0.4 is 5.73 Å². The Labute approximate surface area is 128 Å². The molecule has 6 heteroatoms. The zero-order valence-electron chi connectivity index (χ0n) is 11.5. The molecule has 0 radical (unpaired) electrons. The van der Waals surface area contributed by atoms with Gasteiger partial charge in [-0.25, -0.2) is 4.39 Å². The van der Waals surface area contributed by atoms with Crippen molar-refractivity contribution in [3.63, 3.8) is 0 Å². The molecule has 0 bridgehead atoms. The third-order valence-corrected chi connectivity index (χ3v) is 3.49. The van der Waals surface area contributed by atoms with E-state index in [4.69, 9.17) is 29.6 Å². The smallest absolute Gasteiger partial charge is 0.227 e. The number of hydrogen-bond donors (Lipinski definition) is 1. The van der Waals surface area contributed by atoms with Crippen LogP contribution in [0.3, 0.4) is 0 Å². The summed E-state index contributed by atoms with van der Waals surface area (Å²) in [4.78, 5) is 14.3. The Morgan fingerprint density at radius 1 is 1.50 bits per heavy atom. The third-order valence-electron chi connectivity index (χ3n) is 2.93. The average Bonchev–Trinajstić information content (AvgIpc) is 2.33. The first kappa shape index (κ1) is 16.9. The van der Waals surface area contributed by atoms with Crippen LogP contribution in [-0.4, -0.2) is 28.4 Å². The quantitative estimate of drug-likeness (QED) is 0.821. The van der Waals surface area contributed by atoms with E-state index in [1.165, 1.54) is 12.1 Å². The highest BCUT2D eigenvalue weighted by Crippen LogP contribution is 2.20. The first-order chi connectivity index (χ1) is 9.32. The van der Waals surface area contributed by atoms with E-state index >= 15 is 0 Å². The summed E-state index contributed by atoms with van der Waals surface area (Å²) in [7, 11) is 0. The van der Waals surface area contributed by atoms with Crippen LogP contribution in [0.5, 0.6) is 0 Å². The van der Waals surface area contributed by atoms with Crippen LogP contribution in [0.25, 0.3) is 0 Å². The second kappa shape index (κ2) is 7.55. The third kappa shape index (κ3) is 4.72. The second-order valence-corrected chi connectivity index (χ2v) is 5.71. The molecule has 0 saturated heterocycles. The van der Waals surface area contributed by atoms with E-state index in [-0.39, 0.29) is 29.0 Å². The number of carbonyl (C=O) groups is 1. The summed E-state index contributed by atoms with van der Waals surface area (Å²) >= 11 is 10.8. The second-order valence-electron chi connectivity index (χ2n) is 4.77. The minimum Gasteiger partial charge on any atom is -0.393 e. The van der Waals surface area contributed by atoms with Crippen molar-refractivity contribution in [1.82, 2.24) is 4.90 Å². The highest BCUT2D eigenvalue weighted by atomic mass is 35.5. The molecule has 0 aromatic heterocycles. The molecule has 0 spiro atoms. The number of hydrogen-bond acceptors (Lipinski definition) is 2. The maximum atomic E-state index is 13.7. The van der Waals surface area contributed by atoms with Crippen molar-refractivity contribution >= 4 is 34.7 Å². The number of nitrogens with zero attached hydrogens (tertiary/aromatic N) is 1. The molecule has 2 N–H and O–H groups in total. The number of thiocarbonyl (C=S) groups is 1. The maximum absolute atomic E-state index is 13.7. The average molecular weight is 317 g/mol. The summed E-state index contributed by atoms with van der Waals surface area (Å²) in [5.41, 5.74) is 5.68. The van der Waals surface area contributed by atoms with E-state index in [0.29, 0.717) is 18.0 Å². The van der Waals surface area contributed by atoms with Gasteiger partial charge in [-0.3, -0.25) is 4.79 Å². The van der Waals surface area contributed by atoms with Crippen LogP contribution in [0.4, 0.5) is 4.39 Å². The van der Waals surface area contributed by atoms with Gasteiger partial charge in [0.25, 0.3) is 0 Å². The molecule has 110 valence electrons. The van der Waals surface area contributed by atoms with Gasteiger partial charge in [0, 0.05) is 29.6 Å². The molecule has 0 aliphatic carbocycles. The molecule has 0 fully saturated rings. The van der Waals surface area contributed by atoms with Crippen LogP contribution in [0.15, 0.2) is 18.2 Å². The highest BCUT2D eigenvalue weighted by Gasteiger charge is 2.20. The van der Waals surface area contributed by atoms with Crippen LogP contribution in [0.2, 0.25) is 5.02 Å². The Morgan fingerprint density at radius 3 is 2.65 bits per heavy atom. The van der Waals surface area contributed by atoms with Crippen molar-refractivity contribution in [3.8, 4) is 0 Å². The summed E-state index contributed by atoms with van der Waals surface area (Å²) in [6, 6.07) is 4.37. The van der Waals surface area contributed by atoms with E-state index < -0.39 is 5.82 Å². The standard InChI is InChI=1S/C14H18ClFN2OS/c1-9(2)18(7-6-13(17)20)14(19)8-10-11(15)4-3-5-12(10)16/h3-5,9H,6-8H2,1-2H3,(H2,17,20). The Bertz CT molecular complexity index is 488. The number of benzene rings is 1. The first-order valence-electron chi connectivity index (χ1n) is 6.33. The molecule has 0 unspecified atom stereocenters. The van der Waals surface area contributed by atoms with E-state index in [1.54, 1.807) is 11.0 Å². The minimum atomic E-state index is -0.469. The number of rotatable bonds is 6. The van der Waals surface area contributed by atoms with Gasteiger partial charge in [0.05, 0.1) is 11.4 Å². The Morgan fingerprint density at radius 2 is 2.15 bits per heavy atom. The molecule has 20 heavy (non-hydrogen) atoms. The fraction of sp³-hybridized carbons (Fsp3) is 0.429. The van der Waals surface area contributed by atoms with Gasteiger partial charge in [-0.15, -0.1) is 0 Å². The lowest BCUT2D eigenvalue weighted by Gasteiger charge is -2.27. The summed E-state index contributed by atoms with van der Waals surface area (Å²) in [6.07, 6.45) is 0.380. The molecule has 1 aromatic rings. The fourth-order valence-electron chi connectivity index (χ4n) is 1.86. The summed E-state index contributed by atoms with van der Waals surface area (Å²) in [5.74, 6) is -0.660.